The number of methoxy groups -OCH3 is 1. The predicted octanol–water partition coefficient (Wildman–Crippen LogP) is 2.50. The highest BCUT2D eigenvalue weighted by molar-refractivity contribution is 5.25. The van der Waals surface area contributed by atoms with Crippen LogP contribution in [0.4, 0.5) is 0 Å². The second-order valence-electron chi connectivity index (χ2n) is 4.25. The van der Waals surface area contributed by atoms with Crippen molar-refractivity contribution < 1.29 is 9.84 Å². The maximum Gasteiger partial charge on any atom is 0.0830 e. The van der Waals surface area contributed by atoms with E-state index < -0.39 is 6.10 Å². The Labute approximate surface area is 107 Å². The number of rotatable bonds is 5. The maximum absolute atomic E-state index is 10.1. The quantitative estimate of drug-likeness (QED) is 0.877. The van der Waals surface area contributed by atoms with Crippen LogP contribution in [0.1, 0.15) is 22.8 Å². The zero-order valence-corrected chi connectivity index (χ0v) is 10.4. The summed E-state index contributed by atoms with van der Waals surface area (Å²) in [5, 5.41) is 10.1. The monoisotopic (exact) mass is 243 g/mol. The van der Waals surface area contributed by atoms with Crippen molar-refractivity contribution in [2.45, 2.75) is 19.1 Å². The first-order chi connectivity index (χ1) is 8.79. The lowest BCUT2D eigenvalue weighted by Gasteiger charge is -2.11. The Balaban J connectivity index is 2.02. The van der Waals surface area contributed by atoms with Gasteiger partial charge in [0.15, 0.2) is 0 Å². The maximum atomic E-state index is 10.1. The fraction of sp³-hybridized carbons (Fsp3) is 0.267. The summed E-state index contributed by atoms with van der Waals surface area (Å²) in [5.74, 6) is 0. The lowest BCUT2D eigenvalue weighted by molar-refractivity contribution is 0.177. The van der Waals surface area contributed by atoms with Crippen LogP contribution in [0, 0.1) is 0 Å². The van der Waals surface area contributed by atoms with Crippen LogP contribution in [0.5, 0.6) is 0 Å². The van der Waals surface area contributed by atoms with Gasteiger partial charge in [-0.15, -0.1) is 0 Å². The first-order valence-electron chi connectivity index (χ1n) is 5.94. The van der Waals surface area contributed by atoms with E-state index in [0.29, 0.717) is 13.0 Å². The van der Waals surface area contributed by atoms with E-state index in [-0.39, 0.29) is 0 Å². The molecule has 1 atom stereocenters. The van der Waals surface area contributed by atoms with Gasteiger partial charge < -0.3 is 9.84 Å². The molecule has 2 aromatic rings. The molecule has 0 spiro atoms. The summed E-state index contributed by atoms with van der Waals surface area (Å²) in [6.45, 7) is 0.598. The van der Waals surface area contributed by atoms with Crippen LogP contribution in [-0.2, 0) is 17.8 Å². The Hall–Kier alpha value is -1.71. The van der Waals surface area contributed by atoms with Crippen LogP contribution in [0.25, 0.3) is 0 Å². The lowest BCUT2D eigenvalue weighted by Crippen LogP contribution is -2.02. The molecule has 0 radical (unpaired) electrons. The molecule has 1 unspecified atom stereocenters. The summed E-state index contributed by atoms with van der Waals surface area (Å²) < 4.78 is 5.05. The Kier molecular flexibility index (Phi) is 4.45. The standard InChI is InChI=1S/C15H17NO2/c1-18-11-13-2-4-14(5-3-13)15(17)10-12-6-8-16-9-7-12/h2-9,15,17H,10-11H2,1H3. The molecule has 0 saturated heterocycles. The van der Waals surface area contributed by atoms with Gasteiger partial charge in [0.1, 0.15) is 0 Å². The third kappa shape index (κ3) is 3.39. The van der Waals surface area contributed by atoms with Crippen molar-refractivity contribution >= 4 is 0 Å². The lowest BCUT2D eigenvalue weighted by atomic mass is 10.0. The number of pyridine rings is 1. The molecule has 2 rings (SSSR count). The number of aromatic nitrogens is 1. The Morgan fingerprint density at radius 1 is 1.06 bits per heavy atom. The molecule has 1 heterocycles. The van der Waals surface area contributed by atoms with Crippen LogP contribution < -0.4 is 0 Å². The summed E-state index contributed by atoms with van der Waals surface area (Å²) in [7, 11) is 1.67. The van der Waals surface area contributed by atoms with Crippen molar-refractivity contribution in [2.75, 3.05) is 7.11 Å². The smallest absolute Gasteiger partial charge is 0.0830 e. The van der Waals surface area contributed by atoms with Crippen molar-refractivity contribution in [1.29, 1.82) is 0 Å². The normalized spacial score (nSPS) is 12.3. The van der Waals surface area contributed by atoms with Crippen LogP contribution >= 0.6 is 0 Å². The molecule has 18 heavy (non-hydrogen) atoms. The largest absolute Gasteiger partial charge is 0.388 e. The van der Waals surface area contributed by atoms with Gasteiger partial charge in [-0.25, -0.2) is 0 Å². The van der Waals surface area contributed by atoms with Gasteiger partial charge in [-0.05, 0) is 28.8 Å². The van der Waals surface area contributed by atoms with Gasteiger partial charge in [-0.2, -0.15) is 0 Å². The Morgan fingerprint density at radius 3 is 2.33 bits per heavy atom. The Bertz CT molecular complexity index is 468. The highest BCUT2D eigenvalue weighted by Gasteiger charge is 2.08. The molecule has 3 heteroatoms. The van der Waals surface area contributed by atoms with Gasteiger partial charge >= 0.3 is 0 Å². The molecule has 0 aliphatic carbocycles. The SMILES string of the molecule is COCc1ccc(C(O)Cc2ccncc2)cc1. The van der Waals surface area contributed by atoms with Crippen molar-refractivity contribution in [3.05, 3.63) is 65.5 Å². The minimum Gasteiger partial charge on any atom is -0.388 e. The number of benzene rings is 1. The molecule has 0 aliphatic rings. The van der Waals surface area contributed by atoms with Crippen molar-refractivity contribution in [3.8, 4) is 0 Å². The van der Waals surface area contributed by atoms with Crippen LogP contribution in [0.15, 0.2) is 48.8 Å². The van der Waals surface area contributed by atoms with E-state index >= 15 is 0 Å². The highest BCUT2D eigenvalue weighted by Crippen LogP contribution is 2.18. The van der Waals surface area contributed by atoms with E-state index in [1.54, 1.807) is 19.5 Å². The average molecular weight is 243 g/mol. The first-order valence-corrected chi connectivity index (χ1v) is 5.94. The van der Waals surface area contributed by atoms with Crippen LogP contribution in [0.3, 0.4) is 0 Å². The van der Waals surface area contributed by atoms with Gasteiger partial charge in [-0.3, -0.25) is 4.98 Å². The average Bonchev–Trinajstić information content (AvgIpc) is 2.41. The zero-order valence-electron chi connectivity index (χ0n) is 10.4. The second kappa shape index (κ2) is 6.28. The highest BCUT2D eigenvalue weighted by atomic mass is 16.5. The molecule has 94 valence electrons. The third-order valence-electron chi connectivity index (χ3n) is 2.85. The fourth-order valence-electron chi connectivity index (χ4n) is 1.86. The number of ether oxygens (including phenoxy) is 1. The van der Waals surface area contributed by atoms with Gasteiger partial charge in [0.05, 0.1) is 12.7 Å². The molecule has 0 aliphatic heterocycles. The van der Waals surface area contributed by atoms with E-state index in [9.17, 15) is 5.11 Å². The van der Waals surface area contributed by atoms with Gasteiger partial charge in [0, 0.05) is 25.9 Å². The number of aliphatic hydroxyl groups is 1. The Morgan fingerprint density at radius 2 is 1.72 bits per heavy atom. The minimum absolute atomic E-state index is 0.482. The topological polar surface area (TPSA) is 42.4 Å². The van der Waals surface area contributed by atoms with Crippen molar-refractivity contribution in [1.82, 2.24) is 4.98 Å². The molecule has 1 N–H and O–H groups in total. The van der Waals surface area contributed by atoms with E-state index in [1.807, 2.05) is 36.4 Å². The number of aliphatic hydroxyl groups excluding tert-OH is 1. The zero-order chi connectivity index (χ0) is 12.8. The minimum atomic E-state index is -0.482. The molecule has 1 aromatic heterocycles. The summed E-state index contributed by atoms with van der Waals surface area (Å²) in [6, 6.07) is 11.7. The van der Waals surface area contributed by atoms with E-state index in [0.717, 1.165) is 16.7 Å². The van der Waals surface area contributed by atoms with E-state index in [1.165, 1.54) is 0 Å². The summed E-state index contributed by atoms with van der Waals surface area (Å²) >= 11 is 0. The number of nitrogens with zero attached hydrogens (tertiary/aromatic N) is 1. The van der Waals surface area contributed by atoms with Crippen LogP contribution in [-0.4, -0.2) is 17.2 Å². The van der Waals surface area contributed by atoms with Crippen molar-refractivity contribution in [3.63, 3.8) is 0 Å². The molecule has 1 aromatic carbocycles. The molecular formula is C15H17NO2. The van der Waals surface area contributed by atoms with Crippen molar-refractivity contribution in [2.24, 2.45) is 0 Å². The molecule has 0 saturated carbocycles. The van der Waals surface area contributed by atoms with Crippen LogP contribution in [0.2, 0.25) is 0 Å². The first kappa shape index (κ1) is 12.7. The van der Waals surface area contributed by atoms with Gasteiger partial charge in [0.2, 0.25) is 0 Å². The summed E-state index contributed by atoms with van der Waals surface area (Å²) in [4.78, 5) is 3.96. The third-order valence-corrected chi connectivity index (χ3v) is 2.85. The second-order valence-corrected chi connectivity index (χ2v) is 4.25. The molecule has 0 bridgehead atoms. The van der Waals surface area contributed by atoms with Gasteiger partial charge in [-0.1, -0.05) is 24.3 Å². The molecular weight excluding hydrogens is 226 g/mol. The number of hydrogen-bond acceptors (Lipinski definition) is 3. The summed E-state index contributed by atoms with van der Waals surface area (Å²) in [6.07, 6.45) is 3.60. The van der Waals surface area contributed by atoms with E-state index in [2.05, 4.69) is 4.98 Å². The number of hydrogen-bond donors (Lipinski definition) is 1. The van der Waals surface area contributed by atoms with Gasteiger partial charge in [0.25, 0.3) is 0 Å². The molecule has 0 fully saturated rings. The molecule has 3 nitrogen and oxygen atoms in total. The van der Waals surface area contributed by atoms with E-state index in [4.69, 9.17) is 4.74 Å². The fourth-order valence-corrected chi connectivity index (χ4v) is 1.86. The molecule has 0 amide bonds. The summed E-state index contributed by atoms with van der Waals surface area (Å²) in [5.41, 5.74) is 3.11. The predicted molar refractivity (Wildman–Crippen MR) is 70.1 cm³/mol.